The van der Waals surface area contributed by atoms with E-state index in [9.17, 15) is 0 Å². The van der Waals surface area contributed by atoms with Crippen LogP contribution in [0.25, 0.3) is 0 Å². The molecule has 0 bridgehead atoms. The number of benzene rings is 1. The molecular formula is C15H21Cl2N3. The summed E-state index contributed by atoms with van der Waals surface area (Å²) in [5.74, 6) is 1.02. The molecule has 0 amide bonds. The predicted molar refractivity (Wildman–Crippen MR) is 87.0 cm³/mol. The summed E-state index contributed by atoms with van der Waals surface area (Å²) in [7, 11) is 1.84. The molecule has 3 nitrogen and oxygen atoms in total. The summed E-state index contributed by atoms with van der Waals surface area (Å²) in [5.41, 5.74) is 1.15. The second kappa shape index (κ2) is 7.75. The minimum absolute atomic E-state index is 0.686. The van der Waals surface area contributed by atoms with E-state index in [2.05, 4.69) is 15.2 Å². The van der Waals surface area contributed by atoms with Crippen molar-refractivity contribution in [2.45, 2.75) is 25.7 Å². The largest absolute Gasteiger partial charge is 0.356 e. The molecule has 1 fully saturated rings. The molecule has 1 heterocycles. The SMILES string of the molecule is CN=C(NCCCc1ccc(Cl)cc1Cl)N1CCCC1. The van der Waals surface area contributed by atoms with E-state index in [-0.39, 0.29) is 0 Å². The maximum absolute atomic E-state index is 6.17. The van der Waals surface area contributed by atoms with Crippen molar-refractivity contribution in [3.8, 4) is 0 Å². The van der Waals surface area contributed by atoms with E-state index in [0.717, 1.165) is 49.0 Å². The summed E-state index contributed by atoms with van der Waals surface area (Å²) in [5, 5.41) is 4.86. The smallest absolute Gasteiger partial charge is 0.193 e. The number of rotatable bonds is 4. The molecule has 0 spiro atoms. The van der Waals surface area contributed by atoms with Crippen LogP contribution in [0.2, 0.25) is 10.0 Å². The van der Waals surface area contributed by atoms with Crippen LogP contribution < -0.4 is 5.32 Å². The van der Waals surface area contributed by atoms with Crippen LogP contribution in [-0.4, -0.2) is 37.5 Å². The molecule has 1 aliphatic heterocycles. The Kier molecular flexibility index (Phi) is 5.99. The Morgan fingerprint density at radius 3 is 2.70 bits per heavy atom. The molecule has 0 aliphatic carbocycles. The van der Waals surface area contributed by atoms with Gasteiger partial charge in [0.25, 0.3) is 0 Å². The normalized spacial score (nSPS) is 15.8. The van der Waals surface area contributed by atoms with Gasteiger partial charge in [-0.3, -0.25) is 4.99 Å². The molecule has 5 heteroatoms. The van der Waals surface area contributed by atoms with E-state index >= 15 is 0 Å². The summed E-state index contributed by atoms with van der Waals surface area (Å²) < 4.78 is 0. The van der Waals surface area contributed by atoms with Crippen molar-refractivity contribution in [3.63, 3.8) is 0 Å². The van der Waals surface area contributed by atoms with Gasteiger partial charge in [-0.15, -0.1) is 0 Å². The van der Waals surface area contributed by atoms with Crippen molar-refractivity contribution in [2.24, 2.45) is 4.99 Å². The first kappa shape index (κ1) is 15.5. The highest BCUT2D eigenvalue weighted by Gasteiger charge is 2.14. The van der Waals surface area contributed by atoms with E-state index in [1.54, 1.807) is 6.07 Å². The minimum Gasteiger partial charge on any atom is -0.356 e. The van der Waals surface area contributed by atoms with Crippen molar-refractivity contribution in [1.29, 1.82) is 0 Å². The fraction of sp³-hybridized carbons (Fsp3) is 0.533. The highest BCUT2D eigenvalue weighted by molar-refractivity contribution is 6.35. The predicted octanol–water partition coefficient (Wildman–Crippen LogP) is 3.60. The number of hydrogen-bond donors (Lipinski definition) is 1. The number of halogens is 2. The average Bonchev–Trinajstić information content (AvgIpc) is 2.95. The zero-order valence-corrected chi connectivity index (χ0v) is 13.3. The van der Waals surface area contributed by atoms with Gasteiger partial charge < -0.3 is 10.2 Å². The number of nitrogens with zero attached hydrogens (tertiary/aromatic N) is 2. The lowest BCUT2D eigenvalue weighted by atomic mass is 10.1. The van der Waals surface area contributed by atoms with E-state index in [4.69, 9.17) is 23.2 Å². The molecule has 1 aliphatic rings. The summed E-state index contributed by atoms with van der Waals surface area (Å²) in [6.07, 6.45) is 4.50. The second-order valence-corrected chi connectivity index (χ2v) is 5.85. The molecule has 0 atom stereocenters. The van der Waals surface area contributed by atoms with Gasteiger partial charge in [0.05, 0.1) is 0 Å². The first-order valence-electron chi connectivity index (χ1n) is 7.10. The van der Waals surface area contributed by atoms with E-state index in [0.29, 0.717) is 5.02 Å². The number of hydrogen-bond acceptors (Lipinski definition) is 1. The Bertz CT molecular complexity index is 468. The van der Waals surface area contributed by atoms with Gasteiger partial charge >= 0.3 is 0 Å². The van der Waals surface area contributed by atoms with Gasteiger partial charge in [0.2, 0.25) is 0 Å². The Morgan fingerprint density at radius 2 is 2.05 bits per heavy atom. The number of guanidine groups is 1. The van der Waals surface area contributed by atoms with E-state index in [1.807, 2.05) is 19.2 Å². The first-order chi connectivity index (χ1) is 9.70. The highest BCUT2D eigenvalue weighted by atomic mass is 35.5. The zero-order valence-electron chi connectivity index (χ0n) is 11.8. The van der Waals surface area contributed by atoms with Crippen LogP contribution in [0.5, 0.6) is 0 Å². The molecule has 110 valence electrons. The molecule has 1 aromatic rings. The van der Waals surface area contributed by atoms with Gasteiger partial charge in [0.1, 0.15) is 0 Å². The Morgan fingerprint density at radius 1 is 1.30 bits per heavy atom. The molecule has 0 radical (unpaired) electrons. The third kappa shape index (κ3) is 4.29. The number of aliphatic imine (C=N–C) groups is 1. The Labute approximate surface area is 131 Å². The third-order valence-electron chi connectivity index (χ3n) is 3.54. The van der Waals surface area contributed by atoms with Crippen LogP contribution in [0.1, 0.15) is 24.8 Å². The van der Waals surface area contributed by atoms with Gasteiger partial charge in [0.15, 0.2) is 5.96 Å². The molecule has 1 N–H and O–H groups in total. The van der Waals surface area contributed by atoms with Gasteiger partial charge in [-0.2, -0.15) is 0 Å². The fourth-order valence-electron chi connectivity index (χ4n) is 2.46. The fourth-order valence-corrected chi connectivity index (χ4v) is 2.97. The van der Waals surface area contributed by atoms with Crippen molar-refractivity contribution < 1.29 is 0 Å². The van der Waals surface area contributed by atoms with Gasteiger partial charge in [-0.1, -0.05) is 29.3 Å². The Hall–Kier alpha value is -0.930. The summed E-state index contributed by atoms with van der Waals surface area (Å²) in [6.45, 7) is 3.13. The molecule has 0 aromatic heterocycles. The van der Waals surface area contributed by atoms with Crippen LogP contribution in [0.3, 0.4) is 0 Å². The summed E-state index contributed by atoms with van der Waals surface area (Å²) in [4.78, 5) is 6.65. The minimum atomic E-state index is 0.686. The van der Waals surface area contributed by atoms with Gasteiger partial charge in [-0.05, 0) is 43.4 Å². The summed E-state index contributed by atoms with van der Waals surface area (Å²) >= 11 is 12.1. The molecule has 0 unspecified atom stereocenters. The van der Waals surface area contributed by atoms with E-state index < -0.39 is 0 Å². The van der Waals surface area contributed by atoms with Crippen molar-refractivity contribution in [3.05, 3.63) is 33.8 Å². The lowest BCUT2D eigenvalue weighted by Crippen LogP contribution is -2.40. The molecule has 20 heavy (non-hydrogen) atoms. The van der Waals surface area contributed by atoms with Crippen LogP contribution >= 0.6 is 23.2 Å². The van der Waals surface area contributed by atoms with Crippen LogP contribution in [0, 0.1) is 0 Å². The number of likely N-dealkylation sites (tertiary alicyclic amines) is 1. The molecule has 1 saturated heterocycles. The standard InChI is InChI=1S/C15H21Cl2N3/c1-18-15(20-9-2-3-10-20)19-8-4-5-12-6-7-13(16)11-14(12)17/h6-7,11H,2-5,8-10H2,1H3,(H,18,19). The second-order valence-electron chi connectivity index (χ2n) is 5.01. The zero-order chi connectivity index (χ0) is 14.4. The van der Waals surface area contributed by atoms with E-state index in [1.165, 1.54) is 12.8 Å². The average molecular weight is 314 g/mol. The quantitative estimate of drug-likeness (QED) is 0.522. The topological polar surface area (TPSA) is 27.6 Å². The molecule has 2 rings (SSSR count). The Balaban J connectivity index is 1.75. The van der Waals surface area contributed by atoms with Crippen molar-refractivity contribution in [2.75, 3.05) is 26.7 Å². The van der Waals surface area contributed by atoms with Crippen LogP contribution in [-0.2, 0) is 6.42 Å². The molecule has 1 aromatic carbocycles. The molecular weight excluding hydrogens is 293 g/mol. The summed E-state index contributed by atoms with van der Waals surface area (Å²) in [6, 6.07) is 5.69. The van der Waals surface area contributed by atoms with Crippen molar-refractivity contribution in [1.82, 2.24) is 10.2 Å². The monoisotopic (exact) mass is 313 g/mol. The number of aryl methyl sites for hydroxylation is 1. The highest BCUT2D eigenvalue weighted by Crippen LogP contribution is 2.21. The number of nitrogens with one attached hydrogen (secondary N) is 1. The lowest BCUT2D eigenvalue weighted by molar-refractivity contribution is 0.492. The third-order valence-corrected chi connectivity index (χ3v) is 4.13. The van der Waals surface area contributed by atoms with Gasteiger partial charge in [-0.25, -0.2) is 0 Å². The lowest BCUT2D eigenvalue weighted by Gasteiger charge is -2.20. The van der Waals surface area contributed by atoms with Crippen LogP contribution in [0.15, 0.2) is 23.2 Å². The van der Waals surface area contributed by atoms with Crippen LogP contribution in [0.4, 0.5) is 0 Å². The van der Waals surface area contributed by atoms with Crippen molar-refractivity contribution >= 4 is 29.2 Å². The maximum atomic E-state index is 6.17. The molecule has 0 saturated carbocycles. The van der Waals surface area contributed by atoms with Gasteiger partial charge in [0, 0.05) is 36.7 Å². The maximum Gasteiger partial charge on any atom is 0.193 e. The first-order valence-corrected chi connectivity index (χ1v) is 7.86.